The highest BCUT2D eigenvalue weighted by Gasteiger charge is 2.26. The van der Waals surface area contributed by atoms with Gasteiger partial charge in [0.15, 0.2) is 0 Å². The molecule has 2 aromatic carbocycles. The van der Waals surface area contributed by atoms with Crippen molar-refractivity contribution < 1.29 is 9.32 Å². The van der Waals surface area contributed by atoms with Gasteiger partial charge >= 0.3 is 0 Å². The zero-order valence-electron chi connectivity index (χ0n) is 21.5. The fourth-order valence-corrected chi connectivity index (χ4v) is 5.58. The number of aromatic nitrogens is 2. The maximum absolute atomic E-state index is 12.8. The van der Waals surface area contributed by atoms with Gasteiger partial charge in [-0.25, -0.2) is 0 Å². The quantitative estimate of drug-likeness (QED) is 0.401. The topological polar surface area (TPSA) is 74.5 Å². The molecule has 2 saturated heterocycles. The van der Waals surface area contributed by atoms with Crippen LogP contribution in [0.1, 0.15) is 49.6 Å². The normalized spacial score (nSPS) is 18.2. The molecule has 0 radical (unpaired) electrons. The van der Waals surface area contributed by atoms with Crippen LogP contribution in [-0.2, 0) is 24.4 Å². The van der Waals surface area contributed by atoms with Gasteiger partial charge in [-0.15, -0.1) is 0 Å². The van der Waals surface area contributed by atoms with E-state index < -0.39 is 0 Å². The summed E-state index contributed by atoms with van der Waals surface area (Å²) >= 11 is 3.48. The van der Waals surface area contributed by atoms with Crippen LogP contribution >= 0.6 is 15.9 Å². The van der Waals surface area contributed by atoms with Crippen LogP contribution in [0.2, 0.25) is 0 Å². The van der Waals surface area contributed by atoms with Crippen molar-refractivity contribution in [2.45, 2.75) is 52.2 Å². The molecule has 7 nitrogen and oxygen atoms in total. The molecule has 37 heavy (non-hydrogen) atoms. The SMILES string of the molecule is CC1CCN(Cc2ccc(CNC(=O)C3CCN(Cc4nc(-c5cccc(Br)c5)no4)CC3)cc2)CC1. The molecule has 5 rings (SSSR count). The van der Waals surface area contributed by atoms with Crippen LogP contribution in [0.5, 0.6) is 0 Å². The van der Waals surface area contributed by atoms with Crippen molar-refractivity contribution in [2.75, 3.05) is 26.2 Å². The summed E-state index contributed by atoms with van der Waals surface area (Å²) in [5, 5.41) is 7.28. The largest absolute Gasteiger partial charge is 0.352 e. The van der Waals surface area contributed by atoms with Crippen molar-refractivity contribution >= 4 is 21.8 Å². The third-order valence-corrected chi connectivity index (χ3v) is 8.13. The number of hydrogen-bond acceptors (Lipinski definition) is 6. The molecule has 196 valence electrons. The van der Waals surface area contributed by atoms with Crippen LogP contribution in [0.15, 0.2) is 57.5 Å². The van der Waals surface area contributed by atoms with E-state index in [1.165, 1.54) is 31.5 Å². The molecule has 0 aliphatic carbocycles. The minimum atomic E-state index is 0.0527. The van der Waals surface area contributed by atoms with Crippen molar-refractivity contribution in [1.29, 1.82) is 0 Å². The van der Waals surface area contributed by atoms with E-state index in [0.29, 0.717) is 24.8 Å². The molecule has 8 heteroatoms. The molecule has 3 aromatic rings. The van der Waals surface area contributed by atoms with Gasteiger partial charge in [-0.2, -0.15) is 4.98 Å². The van der Waals surface area contributed by atoms with E-state index in [1.807, 2.05) is 24.3 Å². The highest BCUT2D eigenvalue weighted by Crippen LogP contribution is 2.23. The Morgan fingerprint density at radius 1 is 0.973 bits per heavy atom. The molecule has 2 fully saturated rings. The number of carbonyl (C=O) groups excluding carboxylic acids is 1. The lowest BCUT2D eigenvalue weighted by molar-refractivity contribution is -0.126. The van der Waals surface area contributed by atoms with E-state index in [9.17, 15) is 4.79 Å². The predicted molar refractivity (Wildman–Crippen MR) is 147 cm³/mol. The number of hydrogen-bond donors (Lipinski definition) is 1. The molecule has 2 aliphatic rings. The molecule has 2 aliphatic heterocycles. The molecule has 1 N–H and O–H groups in total. The van der Waals surface area contributed by atoms with Gasteiger partial charge in [-0.05, 0) is 81.0 Å². The van der Waals surface area contributed by atoms with E-state index in [2.05, 4.69) is 72.4 Å². The van der Waals surface area contributed by atoms with E-state index in [1.54, 1.807) is 0 Å². The van der Waals surface area contributed by atoms with Crippen LogP contribution < -0.4 is 5.32 Å². The standard InChI is InChI=1S/C29H36BrN5O2/c1-21-9-13-34(14-10-21)19-23-7-5-22(6-8-23)18-31-29(36)24-11-15-35(16-12-24)20-27-32-28(33-37-27)25-3-2-4-26(30)17-25/h2-8,17,21,24H,9-16,18-20H2,1H3,(H,31,36). The van der Waals surface area contributed by atoms with Gasteiger partial charge in [0.05, 0.1) is 6.54 Å². The van der Waals surface area contributed by atoms with Gasteiger partial charge in [-0.3, -0.25) is 14.6 Å². The zero-order valence-corrected chi connectivity index (χ0v) is 23.1. The third-order valence-electron chi connectivity index (χ3n) is 7.64. The Hall–Kier alpha value is -2.55. The monoisotopic (exact) mass is 565 g/mol. The predicted octanol–water partition coefficient (Wildman–Crippen LogP) is 5.26. The average Bonchev–Trinajstić information content (AvgIpc) is 3.38. The van der Waals surface area contributed by atoms with E-state index in [-0.39, 0.29) is 11.8 Å². The third kappa shape index (κ3) is 7.27. The summed E-state index contributed by atoms with van der Waals surface area (Å²) in [6, 6.07) is 16.6. The number of halogens is 1. The van der Waals surface area contributed by atoms with Crippen molar-refractivity contribution in [1.82, 2.24) is 25.3 Å². The van der Waals surface area contributed by atoms with Gasteiger partial charge < -0.3 is 9.84 Å². The fourth-order valence-electron chi connectivity index (χ4n) is 5.18. The summed E-state index contributed by atoms with van der Waals surface area (Å²) in [5.41, 5.74) is 3.42. The number of benzene rings is 2. The number of rotatable bonds is 8. The molecule has 3 heterocycles. The summed E-state index contributed by atoms with van der Waals surface area (Å²) in [5.74, 6) is 2.27. The maximum Gasteiger partial charge on any atom is 0.241 e. The van der Waals surface area contributed by atoms with Crippen molar-refractivity contribution in [3.63, 3.8) is 0 Å². The lowest BCUT2D eigenvalue weighted by Gasteiger charge is -2.30. The number of piperidine rings is 2. The van der Waals surface area contributed by atoms with Gasteiger partial charge in [0.25, 0.3) is 0 Å². The van der Waals surface area contributed by atoms with Gasteiger partial charge in [-0.1, -0.05) is 64.4 Å². The first-order valence-corrected chi connectivity index (χ1v) is 14.2. The Morgan fingerprint density at radius 3 is 2.38 bits per heavy atom. The second-order valence-electron chi connectivity index (χ2n) is 10.6. The highest BCUT2D eigenvalue weighted by molar-refractivity contribution is 9.10. The minimum Gasteiger partial charge on any atom is -0.352 e. The summed E-state index contributed by atoms with van der Waals surface area (Å²) in [6.45, 7) is 8.64. The first-order valence-electron chi connectivity index (χ1n) is 13.4. The van der Waals surface area contributed by atoms with E-state index >= 15 is 0 Å². The Labute approximate surface area is 227 Å². The molecule has 0 spiro atoms. The van der Waals surface area contributed by atoms with Crippen LogP contribution in [-0.4, -0.2) is 52.0 Å². The van der Waals surface area contributed by atoms with Gasteiger partial charge in [0, 0.05) is 29.0 Å². The molecule has 1 aromatic heterocycles. The lowest BCUT2D eigenvalue weighted by atomic mass is 9.96. The molecular formula is C29H36BrN5O2. The summed E-state index contributed by atoms with van der Waals surface area (Å²) in [7, 11) is 0. The van der Waals surface area contributed by atoms with Crippen molar-refractivity contribution in [3.05, 3.63) is 70.0 Å². The minimum absolute atomic E-state index is 0.0527. The second-order valence-corrected chi connectivity index (χ2v) is 11.5. The summed E-state index contributed by atoms with van der Waals surface area (Å²) in [6.07, 6.45) is 4.28. The molecule has 1 amide bonds. The first-order chi connectivity index (χ1) is 18.0. The molecule has 0 atom stereocenters. The fraction of sp³-hybridized carbons (Fsp3) is 0.483. The number of nitrogens with one attached hydrogen (secondary N) is 1. The zero-order chi connectivity index (χ0) is 25.6. The van der Waals surface area contributed by atoms with Crippen LogP contribution in [0.4, 0.5) is 0 Å². The Kier molecular flexibility index (Phi) is 8.69. The first kappa shape index (κ1) is 26.1. The molecule has 0 unspecified atom stereocenters. The number of nitrogens with zero attached hydrogens (tertiary/aromatic N) is 4. The molecule has 0 saturated carbocycles. The summed E-state index contributed by atoms with van der Waals surface area (Å²) < 4.78 is 6.46. The van der Waals surface area contributed by atoms with Crippen molar-refractivity contribution in [3.8, 4) is 11.4 Å². The van der Waals surface area contributed by atoms with E-state index in [0.717, 1.165) is 54.0 Å². The smallest absolute Gasteiger partial charge is 0.241 e. The Morgan fingerprint density at radius 2 is 1.65 bits per heavy atom. The Bertz CT molecular complexity index is 1170. The number of carbonyl (C=O) groups is 1. The molecular weight excluding hydrogens is 530 g/mol. The van der Waals surface area contributed by atoms with Crippen molar-refractivity contribution in [2.24, 2.45) is 11.8 Å². The van der Waals surface area contributed by atoms with Crippen LogP contribution in [0.3, 0.4) is 0 Å². The van der Waals surface area contributed by atoms with E-state index in [4.69, 9.17) is 4.52 Å². The lowest BCUT2D eigenvalue weighted by Crippen LogP contribution is -2.40. The molecule has 0 bridgehead atoms. The van der Waals surface area contributed by atoms with Gasteiger partial charge in [0.2, 0.25) is 17.6 Å². The highest BCUT2D eigenvalue weighted by atomic mass is 79.9. The maximum atomic E-state index is 12.8. The average molecular weight is 567 g/mol. The van der Waals surface area contributed by atoms with Crippen LogP contribution in [0, 0.1) is 11.8 Å². The van der Waals surface area contributed by atoms with Crippen LogP contribution in [0.25, 0.3) is 11.4 Å². The second kappa shape index (κ2) is 12.3. The summed E-state index contributed by atoms with van der Waals surface area (Å²) in [4.78, 5) is 22.2. The Balaban J connectivity index is 1.03. The number of likely N-dealkylation sites (tertiary alicyclic amines) is 2. The van der Waals surface area contributed by atoms with Gasteiger partial charge in [0.1, 0.15) is 0 Å². The number of amides is 1.